The molecule has 4 heterocycles. The number of likely N-dealkylation sites (tertiary alicyclic amines) is 2. The number of H-pyrrole nitrogens is 1. The van der Waals surface area contributed by atoms with Crippen LogP contribution in [0.15, 0.2) is 65.9 Å². The molecule has 1 aromatic heterocycles. The molecule has 3 aliphatic heterocycles. The van der Waals surface area contributed by atoms with E-state index in [0.29, 0.717) is 6.54 Å². The Labute approximate surface area is 277 Å². The average Bonchev–Trinajstić information content (AvgIpc) is 3.93. The van der Waals surface area contributed by atoms with E-state index in [0.717, 1.165) is 78.1 Å². The lowest BCUT2D eigenvalue weighted by atomic mass is 9.96. The van der Waals surface area contributed by atoms with E-state index in [1.54, 1.807) is 7.11 Å². The topological polar surface area (TPSA) is 143 Å². The van der Waals surface area contributed by atoms with Gasteiger partial charge in [0.05, 0.1) is 36.1 Å². The van der Waals surface area contributed by atoms with E-state index in [1.807, 2.05) is 43.0 Å². The van der Waals surface area contributed by atoms with Crippen LogP contribution in [-0.2, 0) is 14.3 Å². The second kappa shape index (κ2) is 13.9. The van der Waals surface area contributed by atoms with E-state index in [-0.39, 0.29) is 35.9 Å². The second-order valence-electron chi connectivity index (χ2n) is 13.4. The van der Waals surface area contributed by atoms with Gasteiger partial charge < -0.3 is 31.0 Å². The summed E-state index contributed by atoms with van der Waals surface area (Å²) in [6.45, 7) is 7.21. The van der Waals surface area contributed by atoms with Crippen molar-refractivity contribution < 1.29 is 14.3 Å². The van der Waals surface area contributed by atoms with Gasteiger partial charge in [0, 0.05) is 38.5 Å². The van der Waals surface area contributed by atoms with Crippen molar-refractivity contribution in [1.29, 1.82) is 0 Å². The van der Waals surface area contributed by atoms with Gasteiger partial charge in [-0.3, -0.25) is 14.6 Å². The first-order chi connectivity index (χ1) is 22.7. The van der Waals surface area contributed by atoms with Crippen LogP contribution in [0.25, 0.3) is 28.0 Å². The van der Waals surface area contributed by atoms with Crippen LogP contribution in [-0.4, -0.2) is 81.7 Å². The van der Waals surface area contributed by atoms with Crippen molar-refractivity contribution in [3.05, 3.63) is 72.3 Å². The minimum atomic E-state index is -0.702. The maximum atomic E-state index is 13.1. The van der Waals surface area contributed by atoms with Gasteiger partial charge in [-0.05, 0) is 66.4 Å². The summed E-state index contributed by atoms with van der Waals surface area (Å²) in [6.07, 6.45) is 7.86. The molecule has 3 aliphatic rings. The molecule has 0 unspecified atom stereocenters. The number of nitrogens with one attached hydrogen (secondary N) is 1. The van der Waals surface area contributed by atoms with Crippen molar-refractivity contribution in [3.63, 3.8) is 0 Å². The van der Waals surface area contributed by atoms with Crippen LogP contribution in [0.1, 0.15) is 70.3 Å². The third kappa shape index (κ3) is 6.68. The number of carbonyl (C=O) groups is 2. The Hall–Kier alpha value is -4.12. The number of aromatic amines is 1. The van der Waals surface area contributed by atoms with Crippen LogP contribution in [0.5, 0.6) is 0 Å². The molecule has 0 bridgehead atoms. The molecule has 5 N–H and O–H groups in total. The third-order valence-corrected chi connectivity index (χ3v) is 10.1. The predicted molar refractivity (Wildman–Crippen MR) is 185 cm³/mol. The lowest BCUT2D eigenvalue weighted by Gasteiger charge is -2.29. The van der Waals surface area contributed by atoms with Crippen LogP contribution in [0.3, 0.4) is 0 Å². The molecule has 248 valence electrons. The molecule has 2 fully saturated rings. The Morgan fingerprint density at radius 2 is 1.38 bits per heavy atom. The monoisotopic (exact) mass is 637 g/mol. The molecule has 0 spiro atoms. The van der Waals surface area contributed by atoms with Gasteiger partial charge in [-0.2, -0.15) is 0 Å². The number of methoxy groups -OCH3 is 1. The van der Waals surface area contributed by atoms with Gasteiger partial charge in [0.2, 0.25) is 11.8 Å². The van der Waals surface area contributed by atoms with E-state index in [2.05, 4.69) is 58.5 Å². The van der Waals surface area contributed by atoms with Crippen LogP contribution in [0.2, 0.25) is 0 Å². The zero-order valence-electron chi connectivity index (χ0n) is 27.9. The summed E-state index contributed by atoms with van der Waals surface area (Å²) < 4.78 is 5.29. The molecule has 2 aromatic carbocycles. The summed E-state index contributed by atoms with van der Waals surface area (Å²) in [5.41, 5.74) is 19.9. The number of nitrogens with two attached hydrogens (primary N) is 2. The number of allylic oxidation sites excluding steroid dienone is 1. The molecule has 0 aliphatic carbocycles. The summed E-state index contributed by atoms with van der Waals surface area (Å²) in [5, 5.41) is 0. The zero-order chi connectivity index (χ0) is 33.2. The van der Waals surface area contributed by atoms with Crippen molar-refractivity contribution in [1.82, 2.24) is 19.8 Å². The summed E-state index contributed by atoms with van der Waals surface area (Å²) in [7, 11) is 1.57. The Balaban J connectivity index is 1.08. The molecular formula is C37H47N7O3. The average molecular weight is 638 g/mol. The lowest BCUT2D eigenvalue weighted by molar-refractivity contribution is -0.136. The van der Waals surface area contributed by atoms with Gasteiger partial charge in [-0.15, -0.1) is 0 Å². The fraction of sp³-hybridized carbons (Fsp3) is 0.459. The molecule has 10 heteroatoms. The highest BCUT2D eigenvalue weighted by Gasteiger charge is 2.37. The summed E-state index contributed by atoms with van der Waals surface area (Å²) >= 11 is 0. The molecule has 2 amide bonds. The minimum absolute atomic E-state index is 0.0346. The smallest absolute Gasteiger partial charge is 0.242 e. The number of aromatic nitrogens is 2. The van der Waals surface area contributed by atoms with Gasteiger partial charge in [0.25, 0.3) is 0 Å². The number of hydrogen-bond acceptors (Lipinski definition) is 7. The maximum Gasteiger partial charge on any atom is 0.242 e. The van der Waals surface area contributed by atoms with Gasteiger partial charge in [-0.25, -0.2) is 4.98 Å². The normalized spacial score (nSPS) is 21.6. The number of carbonyl (C=O) groups excluding carboxylic acids is 2. The van der Waals surface area contributed by atoms with Crippen molar-refractivity contribution in [3.8, 4) is 22.4 Å². The number of aliphatic imine (C=N–C) groups is 1. The standard InChI is InChI=1S/C37H47N7O3/c1-22(2)33(38)36(45)43-17-5-7-31(43)29-19-28(20-40-29)26-11-9-24(10-12-26)25-13-15-27(16-14-25)30-21-41-35(42-30)32-8-6-18-44(32)37(46)34(39)23(3)47-4/h9-16,20-23,31-34H,5-8,17-19,38-39H2,1-4H3,(H,41,42)/t23-,31+,32+,33+,34+/m1/s1. The highest BCUT2D eigenvalue weighted by atomic mass is 16.5. The van der Waals surface area contributed by atoms with Gasteiger partial charge in [0.1, 0.15) is 11.9 Å². The van der Waals surface area contributed by atoms with Crippen molar-refractivity contribution in [2.75, 3.05) is 20.2 Å². The first kappa shape index (κ1) is 32.8. The highest BCUT2D eigenvalue weighted by Crippen LogP contribution is 2.34. The molecule has 3 aromatic rings. The number of imidazole rings is 1. The van der Waals surface area contributed by atoms with E-state index >= 15 is 0 Å². The van der Waals surface area contributed by atoms with Crippen LogP contribution >= 0.6 is 0 Å². The second-order valence-corrected chi connectivity index (χ2v) is 13.4. The molecule has 0 radical (unpaired) electrons. The minimum Gasteiger partial charge on any atom is -0.380 e. The van der Waals surface area contributed by atoms with Crippen molar-refractivity contribution >= 4 is 23.1 Å². The van der Waals surface area contributed by atoms with Crippen LogP contribution in [0.4, 0.5) is 0 Å². The number of nitrogens with zero attached hydrogens (tertiary/aromatic N) is 4. The Kier molecular flexibility index (Phi) is 9.72. The number of rotatable bonds is 10. The zero-order valence-corrected chi connectivity index (χ0v) is 27.9. The molecule has 47 heavy (non-hydrogen) atoms. The molecule has 6 rings (SSSR count). The number of benzene rings is 2. The van der Waals surface area contributed by atoms with E-state index in [1.165, 1.54) is 5.57 Å². The van der Waals surface area contributed by atoms with E-state index in [9.17, 15) is 9.59 Å². The predicted octanol–water partition coefficient (Wildman–Crippen LogP) is 4.93. The fourth-order valence-electron chi connectivity index (χ4n) is 6.91. The number of hydrogen-bond donors (Lipinski definition) is 3. The largest absolute Gasteiger partial charge is 0.380 e. The Morgan fingerprint density at radius 1 is 0.830 bits per heavy atom. The quantitative estimate of drug-likeness (QED) is 0.288. The van der Waals surface area contributed by atoms with Crippen LogP contribution < -0.4 is 11.5 Å². The third-order valence-electron chi connectivity index (χ3n) is 10.1. The number of amides is 2. The number of ether oxygens (including phenoxy) is 1. The maximum absolute atomic E-state index is 13.1. The first-order valence-corrected chi connectivity index (χ1v) is 16.8. The van der Waals surface area contributed by atoms with Crippen molar-refractivity contribution in [2.24, 2.45) is 22.4 Å². The lowest BCUT2D eigenvalue weighted by Crippen LogP contribution is -2.50. The molecule has 10 nitrogen and oxygen atoms in total. The Bertz CT molecular complexity index is 1640. The molecular weight excluding hydrogens is 590 g/mol. The molecule has 5 atom stereocenters. The summed E-state index contributed by atoms with van der Waals surface area (Å²) in [4.78, 5) is 42.8. The Morgan fingerprint density at radius 3 is 2.00 bits per heavy atom. The first-order valence-electron chi connectivity index (χ1n) is 16.8. The fourth-order valence-corrected chi connectivity index (χ4v) is 6.91. The van der Waals surface area contributed by atoms with Gasteiger partial charge in [0.15, 0.2) is 0 Å². The molecule has 0 saturated carbocycles. The SMILES string of the molecule is CO[C@H](C)[C@H](N)C(=O)N1CCC[C@H]1c1ncc(-c2ccc(-c3ccc(C4=CN=C([C@@H]5CCCN5C(=O)[C@@H](N)C(C)C)C4)cc3)cc2)[nH]1. The summed E-state index contributed by atoms with van der Waals surface area (Å²) in [5.74, 6) is 0.819. The van der Waals surface area contributed by atoms with Gasteiger partial charge in [-0.1, -0.05) is 62.4 Å². The van der Waals surface area contributed by atoms with Crippen LogP contribution in [0, 0.1) is 5.92 Å². The highest BCUT2D eigenvalue weighted by molar-refractivity contribution is 6.03. The van der Waals surface area contributed by atoms with E-state index < -0.39 is 12.1 Å². The van der Waals surface area contributed by atoms with Gasteiger partial charge >= 0.3 is 0 Å². The van der Waals surface area contributed by atoms with Crippen molar-refractivity contribution in [2.45, 2.75) is 83.1 Å². The summed E-state index contributed by atoms with van der Waals surface area (Å²) in [6, 6.07) is 15.7. The van der Waals surface area contributed by atoms with E-state index in [4.69, 9.17) is 21.2 Å². The molecule has 2 saturated heterocycles.